The summed E-state index contributed by atoms with van der Waals surface area (Å²) >= 11 is 0. The van der Waals surface area contributed by atoms with Gasteiger partial charge in [-0.1, -0.05) is 32.2 Å². The molecule has 0 aliphatic rings. The number of hydrogen-bond donors (Lipinski definition) is 0. The molecule has 4 atom stereocenters. The summed E-state index contributed by atoms with van der Waals surface area (Å²) in [6, 6.07) is 12.0. The second-order valence-electron chi connectivity index (χ2n) is 9.68. The van der Waals surface area contributed by atoms with Gasteiger partial charge in [-0.25, -0.2) is 9.59 Å². The van der Waals surface area contributed by atoms with Gasteiger partial charge in [0, 0.05) is 11.1 Å². The lowest BCUT2D eigenvalue weighted by atomic mass is 10.0. The lowest BCUT2D eigenvalue weighted by Gasteiger charge is -2.22. The summed E-state index contributed by atoms with van der Waals surface area (Å²) < 4.78 is 22.8. The van der Waals surface area contributed by atoms with Gasteiger partial charge < -0.3 is 18.9 Å². The number of benzene rings is 2. The van der Waals surface area contributed by atoms with E-state index < -0.39 is 0 Å². The van der Waals surface area contributed by atoms with Crippen LogP contribution < -0.4 is 9.47 Å². The van der Waals surface area contributed by atoms with E-state index in [-0.39, 0.29) is 36.2 Å². The molecular weight excluding hydrogens is 456 g/mol. The maximum atomic E-state index is 11.7. The first-order chi connectivity index (χ1) is 17.0. The largest absolute Gasteiger partial charge is 0.491 e. The Morgan fingerprint density at radius 3 is 1.89 bits per heavy atom. The molecule has 0 saturated carbocycles. The molecule has 0 heterocycles. The SMILES string of the molecule is C=C(C)C(=O)OCCC(C)C(C)Oc1ccc2ccc(OC(C)CCC(C)OC(=O)C(=C)C)cc2c1. The molecule has 0 aliphatic heterocycles. The summed E-state index contributed by atoms with van der Waals surface area (Å²) in [6.45, 7) is 18.8. The van der Waals surface area contributed by atoms with Crippen molar-refractivity contribution < 1.29 is 28.5 Å². The van der Waals surface area contributed by atoms with Crippen molar-refractivity contribution in [2.45, 2.75) is 79.1 Å². The Bertz CT molecular complexity index is 1070. The zero-order valence-electron chi connectivity index (χ0n) is 22.5. The highest BCUT2D eigenvalue weighted by Gasteiger charge is 2.16. The molecule has 4 unspecified atom stereocenters. The zero-order valence-corrected chi connectivity index (χ0v) is 22.5. The van der Waals surface area contributed by atoms with Crippen molar-refractivity contribution in [3.8, 4) is 11.5 Å². The third-order valence-electron chi connectivity index (χ3n) is 6.03. The van der Waals surface area contributed by atoms with Crippen LogP contribution in [0.5, 0.6) is 11.5 Å². The number of hydrogen-bond acceptors (Lipinski definition) is 6. The standard InChI is InChI=1S/C30H40O6/c1-19(2)29(31)33-16-15-21(5)24(8)36-28-14-12-25-11-13-27(17-26(25)18-28)34-22(6)9-10-23(7)35-30(32)20(3)4/h11-14,17-18,21-24H,1,3,9-10,15-16H2,2,4-8H3. The van der Waals surface area contributed by atoms with E-state index in [9.17, 15) is 9.59 Å². The third kappa shape index (κ3) is 9.40. The van der Waals surface area contributed by atoms with Crippen LogP contribution in [0.2, 0.25) is 0 Å². The van der Waals surface area contributed by atoms with Gasteiger partial charge in [-0.3, -0.25) is 0 Å². The van der Waals surface area contributed by atoms with Crippen LogP contribution in [-0.2, 0) is 19.1 Å². The first kappa shape index (κ1) is 29.0. The van der Waals surface area contributed by atoms with Gasteiger partial charge in [-0.2, -0.15) is 0 Å². The highest BCUT2D eigenvalue weighted by atomic mass is 16.5. The van der Waals surface area contributed by atoms with Crippen LogP contribution in [0.4, 0.5) is 0 Å². The second kappa shape index (κ2) is 13.7. The zero-order chi connectivity index (χ0) is 26.8. The Morgan fingerprint density at radius 1 is 0.750 bits per heavy atom. The average Bonchev–Trinajstić information content (AvgIpc) is 2.82. The molecule has 6 heteroatoms. The van der Waals surface area contributed by atoms with Crippen molar-refractivity contribution in [2.75, 3.05) is 6.61 Å². The summed E-state index contributed by atoms with van der Waals surface area (Å²) in [5.41, 5.74) is 0.804. The molecule has 2 rings (SSSR count). The summed E-state index contributed by atoms with van der Waals surface area (Å²) in [5.74, 6) is 1.03. The molecule has 6 nitrogen and oxygen atoms in total. The monoisotopic (exact) mass is 496 g/mol. The average molecular weight is 497 g/mol. The second-order valence-corrected chi connectivity index (χ2v) is 9.68. The van der Waals surface area contributed by atoms with Crippen molar-refractivity contribution >= 4 is 22.7 Å². The van der Waals surface area contributed by atoms with Gasteiger partial charge >= 0.3 is 11.9 Å². The number of ether oxygens (including phenoxy) is 4. The highest BCUT2D eigenvalue weighted by Crippen LogP contribution is 2.27. The van der Waals surface area contributed by atoms with Gasteiger partial charge in [0.05, 0.1) is 24.9 Å². The minimum absolute atomic E-state index is 0.0345. The van der Waals surface area contributed by atoms with Crippen molar-refractivity contribution in [1.29, 1.82) is 0 Å². The van der Waals surface area contributed by atoms with Crippen LogP contribution in [0.3, 0.4) is 0 Å². The molecule has 0 bridgehead atoms. The van der Waals surface area contributed by atoms with Gasteiger partial charge in [-0.05, 0) is 94.8 Å². The van der Waals surface area contributed by atoms with Crippen molar-refractivity contribution in [2.24, 2.45) is 5.92 Å². The number of rotatable bonds is 14. The van der Waals surface area contributed by atoms with Crippen LogP contribution in [0.1, 0.15) is 60.8 Å². The molecular formula is C30H40O6. The number of esters is 2. The van der Waals surface area contributed by atoms with E-state index in [1.807, 2.05) is 57.2 Å². The maximum Gasteiger partial charge on any atom is 0.333 e. The van der Waals surface area contributed by atoms with Gasteiger partial charge in [0.1, 0.15) is 11.5 Å². The summed E-state index contributed by atoms with van der Waals surface area (Å²) in [7, 11) is 0. The minimum Gasteiger partial charge on any atom is -0.491 e. The third-order valence-corrected chi connectivity index (χ3v) is 6.03. The quantitative estimate of drug-likeness (QED) is 0.211. The highest BCUT2D eigenvalue weighted by molar-refractivity contribution is 5.87. The Morgan fingerprint density at radius 2 is 1.31 bits per heavy atom. The predicted molar refractivity (Wildman–Crippen MR) is 143 cm³/mol. The molecule has 0 radical (unpaired) electrons. The molecule has 2 aromatic carbocycles. The van der Waals surface area contributed by atoms with E-state index in [2.05, 4.69) is 20.1 Å². The smallest absolute Gasteiger partial charge is 0.333 e. The van der Waals surface area contributed by atoms with Crippen LogP contribution in [-0.4, -0.2) is 36.9 Å². The normalized spacial score (nSPS) is 14.3. The molecule has 36 heavy (non-hydrogen) atoms. The molecule has 0 amide bonds. The topological polar surface area (TPSA) is 71.1 Å². The van der Waals surface area contributed by atoms with E-state index in [4.69, 9.17) is 18.9 Å². The minimum atomic E-state index is -0.363. The van der Waals surface area contributed by atoms with Crippen LogP contribution in [0.15, 0.2) is 60.7 Å². The van der Waals surface area contributed by atoms with E-state index in [0.717, 1.165) is 28.7 Å². The van der Waals surface area contributed by atoms with E-state index in [0.29, 0.717) is 30.6 Å². The molecule has 0 aliphatic carbocycles. The fourth-order valence-electron chi connectivity index (χ4n) is 3.48. The van der Waals surface area contributed by atoms with E-state index in [1.54, 1.807) is 13.8 Å². The number of carbonyl (C=O) groups is 2. The molecule has 196 valence electrons. The number of fused-ring (bicyclic) bond motifs is 1. The first-order valence-corrected chi connectivity index (χ1v) is 12.5. The van der Waals surface area contributed by atoms with Crippen molar-refractivity contribution in [1.82, 2.24) is 0 Å². The number of carbonyl (C=O) groups excluding carboxylic acids is 2. The fourth-order valence-corrected chi connectivity index (χ4v) is 3.48. The van der Waals surface area contributed by atoms with Crippen LogP contribution in [0.25, 0.3) is 10.8 Å². The molecule has 0 N–H and O–H groups in total. The summed E-state index contributed by atoms with van der Waals surface area (Å²) in [4.78, 5) is 23.2. The van der Waals surface area contributed by atoms with Gasteiger partial charge in [0.15, 0.2) is 0 Å². The Kier molecular flexibility index (Phi) is 11.0. The lowest BCUT2D eigenvalue weighted by molar-refractivity contribution is -0.144. The molecule has 0 aromatic heterocycles. The Hall–Kier alpha value is -3.28. The summed E-state index contributed by atoms with van der Waals surface area (Å²) in [6.07, 6.45) is 1.88. The van der Waals surface area contributed by atoms with E-state index >= 15 is 0 Å². The molecule has 2 aromatic rings. The maximum absolute atomic E-state index is 11.7. The molecule has 0 saturated heterocycles. The lowest BCUT2D eigenvalue weighted by Crippen LogP contribution is -2.23. The van der Waals surface area contributed by atoms with Gasteiger partial charge in [-0.15, -0.1) is 0 Å². The van der Waals surface area contributed by atoms with Crippen LogP contribution >= 0.6 is 0 Å². The van der Waals surface area contributed by atoms with Crippen LogP contribution in [0, 0.1) is 5.92 Å². The van der Waals surface area contributed by atoms with Crippen molar-refractivity contribution in [3.05, 3.63) is 60.7 Å². The van der Waals surface area contributed by atoms with E-state index in [1.165, 1.54) is 0 Å². The molecule has 0 spiro atoms. The first-order valence-electron chi connectivity index (χ1n) is 12.5. The Labute approximate surface area is 215 Å². The summed E-state index contributed by atoms with van der Waals surface area (Å²) in [5, 5.41) is 2.12. The van der Waals surface area contributed by atoms with Gasteiger partial charge in [0.2, 0.25) is 0 Å². The van der Waals surface area contributed by atoms with Gasteiger partial charge in [0.25, 0.3) is 0 Å². The fraction of sp³-hybridized carbons (Fsp3) is 0.467. The predicted octanol–water partition coefficient (Wildman–Crippen LogP) is 6.81. The molecule has 0 fully saturated rings. The van der Waals surface area contributed by atoms with Crippen molar-refractivity contribution in [3.63, 3.8) is 0 Å². The Balaban J connectivity index is 1.91.